The first-order valence-electron chi connectivity index (χ1n) is 15.8. The summed E-state index contributed by atoms with van der Waals surface area (Å²) in [5, 5.41) is 7.43. The lowest BCUT2D eigenvalue weighted by Crippen LogP contribution is -1.97. The summed E-state index contributed by atoms with van der Waals surface area (Å²) in [5.74, 6) is 1.83. The molecule has 2 nitrogen and oxygen atoms in total. The Balaban J connectivity index is 1.09. The van der Waals surface area contributed by atoms with Crippen molar-refractivity contribution >= 4 is 43.4 Å². The molecule has 0 radical (unpaired) electrons. The van der Waals surface area contributed by atoms with Crippen molar-refractivity contribution < 1.29 is 4.74 Å². The molecule has 10 rings (SSSR count). The van der Waals surface area contributed by atoms with Crippen molar-refractivity contribution in [2.75, 3.05) is 0 Å². The normalized spacial score (nSPS) is 12.1. The predicted molar refractivity (Wildman–Crippen MR) is 192 cm³/mol. The van der Waals surface area contributed by atoms with Gasteiger partial charge in [0, 0.05) is 27.3 Å². The van der Waals surface area contributed by atoms with Gasteiger partial charge in [-0.15, -0.1) is 0 Å². The quantitative estimate of drug-likeness (QED) is 0.201. The Bertz CT molecular complexity index is 2660. The molecule has 214 valence electrons. The maximum Gasteiger partial charge on any atom is 0.135 e. The third-order valence-electron chi connectivity index (χ3n) is 9.57. The van der Waals surface area contributed by atoms with E-state index in [-0.39, 0.29) is 0 Å². The minimum Gasteiger partial charge on any atom is -0.456 e. The van der Waals surface area contributed by atoms with Crippen LogP contribution in [-0.4, -0.2) is 4.57 Å². The first-order chi connectivity index (χ1) is 22.8. The molecule has 1 aliphatic rings. The summed E-state index contributed by atoms with van der Waals surface area (Å²) in [6.45, 7) is 0. The van der Waals surface area contributed by atoms with Gasteiger partial charge in [0.2, 0.25) is 0 Å². The Morgan fingerprint density at radius 3 is 1.93 bits per heavy atom. The summed E-state index contributed by atoms with van der Waals surface area (Å²) in [4.78, 5) is 0. The van der Waals surface area contributed by atoms with E-state index in [0.29, 0.717) is 0 Å². The zero-order valence-corrected chi connectivity index (χ0v) is 24.9. The lowest BCUT2D eigenvalue weighted by atomic mass is 9.92. The van der Waals surface area contributed by atoms with Crippen LogP contribution in [0.4, 0.5) is 0 Å². The molecule has 2 heterocycles. The Kier molecular flexibility index (Phi) is 5.31. The molecule has 0 atom stereocenters. The summed E-state index contributed by atoms with van der Waals surface area (Å²) in [6.07, 6.45) is 0. The van der Waals surface area contributed by atoms with Crippen LogP contribution in [0.1, 0.15) is 0 Å². The Morgan fingerprint density at radius 1 is 0.370 bits per heavy atom. The van der Waals surface area contributed by atoms with E-state index in [4.69, 9.17) is 4.74 Å². The van der Waals surface area contributed by atoms with E-state index in [9.17, 15) is 0 Å². The second-order valence-electron chi connectivity index (χ2n) is 12.1. The number of hydrogen-bond acceptors (Lipinski definition) is 1. The van der Waals surface area contributed by atoms with Crippen molar-refractivity contribution in [3.05, 3.63) is 164 Å². The molecule has 0 bridgehead atoms. The summed E-state index contributed by atoms with van der Waals surface area (Å²) in [7, 11) is 0. The third-order valence-corrected chi connectivity index (χ3v) is 9.57. The van der Waals surface area contributed by atoms with Crippen LogP contribution in [0.3, 0.4) is 0 Å². The van der Waals surface area contributed by atoms with Gasteiger partial charge >= 0.3 is 0 Å². The van der Waals surface area contributed by atoms with Crippen molar-refractivity contribution in [2.24, 2.45) is 0 Å². The van der Waals surface area contributed by atoms with E-state index in [1.54, 1.807) is 0 Å². The maximum absolute atomic E-state index is 6.35. The van der Waals surface area contributed by atoms with E-state index < -0.39 is 0 Å². The molecule has 0 saturated carbocycles. The highest BCUT2D eigenvalue weighted by Crippen LogP contribution is 2.47. The lowest BCUT2D eigenvalue weighted by molar-refractivity contribution is 0.487. The first-order valence-corrected chi connectivity index (χ1v) is 15.8. The Hall–Kier alpha value is -6.12. The molecule has 0 aliphatic carbocycles. The summed E-state index contributed by atoms with van der Waals surface area (Å²) in [6, 6.07) is 59.1. The number of hydrogen-bond donors (Lipinski definition) is 0. The van der Waals surface area contributed by atoms with Gasteiger partial charge in [0.15, 0.2) is 0 Å². The minimum absolute atomic E-state index is 0.902. The van der Waals surface area contributed by atoms with Gasteiger partial charge in [0.25, 0.3) is 0 Å². The molecule has 9 aromatic rings. The van der Waals surface area contributed by atoms with E-state index in [2.05, 4.69) is 168 Å². The molecule has 1 aliphatic heterocycles. The fraction of sp³-hybridized carbons (Fsp3) is 0. The van der Waals surface area contributed by atoms with Crippen molar-refractivity contribution in [3.8, 4) is 50.6 Å². The van der Waals surface area contributed by atoms with Crippen LogP contribution in [0, 0.1) is 0 Å². The minimum atomic E-state index is 0.902. The number of nitrogens with zero attached hydrogens (tertiary/aromatic N) is 1. The van der Waals surface area contributed by atoms with Gasteiger partial charge in [-0.25, -0.2) is 0 Å². The first kappa shape index (κ1) is 25.2. The molecule has 0 N–H and O–H groups in total. The van der Waals surface area contributed by atoms with E-state index >= 15 is 0 Å². The van der Waals surface area contributed by atoms with Crippen molar-refractivity contribution in [3.63, 3.8) is 0 Å². The SMILES string of the molecule is c1ccc(-n2c3ccccc3c3cc4ccccc4cc32)c(-c2ccc(-c3ccc4c(c3)-c3cccc5cccc(c35)O4)cc2)c1. The van der Waals surface area contributed by atoms with Crippen LogP contribution < -0.4 is 4.74 Å². The van der Waals surface area contributed by atoms with Crippen LogP contribution in [0.25, 0.3) is 82.4 Å². The zero-order valence-electron chi connectivity index (χ0n) is 24.9. The van der Waals surface area contributed by atoms with Gasteiger partial charge in [0.05, 0.1) is 16.7 Å². The van der Waals surface area contributed by atoms with Gasteiger partial charge in [-0.2, -0.15) is 0 Å². The number of para-hydroxylation sites is 2. The predicted octanol–water partition coefficient (Wildman–Crippen LogP) is 12.2. The molecule has 0 spiro atoms. The standard InChI is InChI=1S/C44H27NO/c1-2-10-32-27-41-37(25-31(32)9-1)35-14-4-6-17-40(35)45(41)39-16-5-3-13-34(39)29-21-19-28(20-22-29)33-23-24-42-38(26-33)36-15-7-11-30-12-8-18-43(46-42)44(30)36/h1-27H. The van der Waals surface area contributed by atoms with Crippen LogP contribution in [0.2, 0.25) is 0 Å². The van der Waals surface area contributed by atoms with Gasteiger partial charge in [-0.3, -0.25) is 0 Å². The second kappa shape index (κ2) is 9.69. The molecule has 0 unspecified atom stereocenters. The Labute approximate surface area is 266 Å². The van der Waals surface area contributed by atoms with Gasteiger partial charge in [-0.1, -0.05) is 121 Å². The average Bonchev–Trinajstić information content (AvgIpc) is 3.44. The van der Waals surface area contributed by atoms with Crippen LogP contribution in [-0.2, 0) is 0 Å². The number of benzene rings is 8. The summed E-state index contributed by atoms with van der Waals surface area (Å²) >= 11 is 0. The molecule has 8 aromatic carbocycles. The number of aromatic nitrogens is 1. The summed E-state index contributed by atoms with van der Waals surface area (Å²) < 4.78 is 8.78. The van der Waals surface area contributed by atoms with Crippen LogP contribution in [0.15, 0.2) is 164 Å². The molecule has 0 amide bonds. The maximum atomic E-state index is 6.35. The van der Waals surface area contributed by atoms with Crippen LogP contribution >= 0.6 is 0 Å². The fourth-order valence-electron chi connectivity index (χ4n) is 7.41. The average molecular weight is 586 g/mol. The van der Waals surface area contributed by atoms with E-state index in [1.807, 2.05) is 0 Å². The van der Waals surface area contributed by atoms with Gasteiger partial charge < -0.3 is 9.30 Å². The number of ether oxygens (including phenoxy) is 1. The number of fused-ring (bicyclic) bond motifs is 6. The van der Waals surface area contributed by atoms with E-state index in [1.165, 1.54) is 76.9 Å². The highest BCUT2D eigenvalue weighted by atomic mass is 16.5. The lowest BCUT2D eigenvalue weighted by Gasteiger charge is -2.22. The van der Waals surface area contributed by atoms with Gasteiger partial charge in [-0.05, 0) is 80.9 Å². The van der Waals surface area contributed by atoms with Crippen molar-refractivity contribution in [2.45, 2.75) is 0 Å². The third kappa shape index (κ3) is 3.71. The molecular formula is C44H27NO. The van der Waals surface area contributed by atoms with E-state index in [0.717, 1.165) is 17.1 Å². The molecule has 0 saturated heterocycles. The molecular weight excluding hydrogens is 558 g/mol. The topological polar surface area (TPSA) is 14.2 Å². The summed E-state index contributed by atoms with van der Waals surface area (Å²) in [5.41, 5.74) is 10.7. The largest absolute Gasteiger partial charge is 0.456 e. The Morgan fingerprint density at radius 2 is 1.04 bits per heavy atom. The fourth-order valence-corrected chi connectivity index (χ4v) is 7.41. The molecule has 2 heteroatoms. The molecule has 0 fully saturated rings. The van der Waals surface area contributed by atoms with Gasteiger partial charge in [0.1, 0.15) is 11.5 Å². The zero-order chi connectivity index (χ0) is 30.2. The monoisotopic (exact) mass is 585 g/mol. The highest BCUT2D eigenvalue weighted by Gasteiger charge is 2.21. The van der Waals surface area contributed by atoms with Crippen molar-refractivity contribution in [1.29, 1.82) is 0 Å². The van der Waals surface area contributed by atoms with Crippen LogP contribution in [0.5, 0.6) is 11.5 Å². The highest BCUT2D eigenvalue weighted by molar-refractivity contribution is 6.14. The number of rotatable bonds is 3. The van der Waals surface area contributed by atoms with Crippen molar-refractivity contribution in [1.82, 2.24) is 4.57 Å². The molecule has 46 heavy (non-hydrogen) atoms. The molecule has 1 aromatic heterocycles. The smallest absolute Gasteiger partial charge is 0.135 e. The second-order valence-corrected chi connectivity index (χ2v) is 12.1.